The summed E-state index contributed by atoms with van der Waals surface area (Å²) < 4.78 is 13.5. The van der Waals surface area contributed by atoms with Crippen LogP contribution in [-0.4, -0.2) is 35.2 Å². The Bertz CT molecular complexity index is 896. The largest absolute Gasteiger partial charge is 0.327 e. The van der Waals surface area contributed by atoms with Crippen molar-refractivity contribution in [3.63, 3.8) is 0 Å². The van der Waals surface area contributed by atoms with Crippen LogP contribution in [0, 0.1) is 5.82 Å². The highest BCUT2D eigenvalue weighted by Gasteiger charge is 2.44. The maximum Gasteiger partial charge on any atom is 0.265 e. The zero-order valence-electron chi connectivity index (χ0n) is 13.3. The third-order valence-corrected chi connectivity index (χ3v) is 4.67. The quantitative estimate of drug-likeness (QED) is 0.751. The lowest BCUT2D eigenvalue weighted by molar-refractivity contribution is -0.121. The lowest BCUT2D eigenvalue weighted by Crippen LogP contribution is -2.47. The summed E-state index contributed by atoms with van der Waals surface area (Å²) in [6, 6.07) is 11.1. The van der Waals surface area contributed by atoms with Crippen molar-refractivity contribution >= 4 is 23.4 Å². The van der Waals surface area contributed by atoms with E-state index in [1.165, 1.54) is 23.1 Å². The number of carbonyl (C=O) groups is 3. The fourth-order valence-electron chi connectivity index (χ4n) is 3.50. The van der Waals surface area contributed by atoms with Crippen LogP contribution in [0.5, 0.6) is 0 Å². The average Bonchev–Trinajstić information content (AvgIpc) is 3.08. The molecule has 0 aromatic heterocycles. The van der Waals surface area contributed by atoms with Crippen LogP contribution in [0.4, 0.5) is 10.1 Å². The van der Waals surface area contributed by atoms with Crippen LogP contribution in [0.1, 0.15) is 33.6 Å². The van der Waals surface area contributed by atoms with Gasteiger partial charge in [-0.25, -0.2) is 9.29 Å². The molecule has 2 aromatic carbocycles. The van der Waals surface area contributed by atoms with Crippen LogP contribution in [-0.2, 0) is 4.79 Å². The van der Waals surface area contributed by atoms with Crippen LogP contribution in [0.15, 0.2) is 48.5 Å². The van der Waals surface area contributed by atoms with Crippen molar-refractivity contribution in [3.8, 4) is 0 Å². The first-order valence-electron chi connectivity index (χ1n) is 8.12. The summed E-state index contributed by atoms with van der Waals surface area (Å²) in [5.41, 5.74) is 0.633. The van der Waals surface area contributed by atoms with E-state index in [1.54, 1.807) is 24.3 Å². The van der Waals surface area contributed by atoms with Gasteiger partial charge in [0.2, 0.25) is 0 Å². The van der Waals surface area contributed by atoms with Gasteiger partial charge in [-0.15, -0.1) is 0 Å². The Balaban J connectivity index is 1.87. The summed E-state index contributed by atoms with van der Waals surface area (Å²) in [6.45, 7) is 0.492. The molecule has 0 unspecified atom stereocenters. The maximum atomic E-state index is 13.5. The average molecular weight is 338 g/mol. The number of benzene rings is 2. The Morgan fingerprint density at radius 3 is 2.68 bits per heavy atom. The Kier molecular flexibility index (Phi) is 3.60. The monoisotopic (exact) mass is 338 g/mol. The summed E-state index contributed by atoms with van der Waals surface area (Å²) in [4.78, 5) is 41.4. The minimum absolute atomic E-state index is 0.0713. The van der Waals surface area contributed by atoms with Gasteiger partial charge >= 0.3 is 0 Å². The molecule has 0 radical (unpaired) electrons. The summed E-state index contributed by atoms with van der Waals surface area (Å²) in [5, 5.41) is 0. The van der Waals surface area contributed by atoms with E-state index in [1.807, 2.05) is 0 Å². The zero-order chi connectivity index (χ0) is 17.6. The standard InChI is InChI=1S/C19H15FN2O3/c20-13-6-3-5-12(11-13)17(23)22-15-8-2-1-7-14(15)18(24)21-10-4-9-16(21)19(22)25/h1-3,5-8,11,16H,4,9-10H2/t16-/m0/s1. The van der Waals surface area contributed by atoms with E-state index in [2.05, 4.69) is 0 Å². The summed E-state index contributed by atoms with van der Waals surface area (Å²) >= 11 is 0. The number of rotatable bonds is 1. The number of para-hydroxylation sites is 1. The fraction of sp³-hybridized carbons (Fsp3) is 0.211. The molecule has 4 rings (SSSR count). The minimum atomic E-state index is -0.655. The Morgan fingerprint density at radius 1 is 1.08 bits per heavy atom. The molecule has 25 heavy (non-hydrogen) atoms. The number of halogens is 1. The molecule has 0 spiro atoms. The molecule has 5 nitrogen and oxygen atoms in total. The molecule has 0 bridgehead atoms. The number of amides is 3. The van der Waals surface area contributed by atoms with Crippen molar-refractivity contribution in [2.75, 3.05) is 11.4 Å². The van der Waals surface area contributed by atoms with Crippen molar-refractivity contribution in [3.05, 3.63) is 65.5 Å². The number of carbonyl (C=O) groups excluding carboxylic acids is 3. The third kappa shape index (κ3) is 2.41. The summed E-state index contributed by atoms with van der Waals surface area (Å²) in [7, 11) is 0. The number of fused-ring (bicyclic) bond motifs is 2. The van der Waals surface area contributed by atoms with Gasteiger partial charge in [0.1, 0.15) is 11.9 Å². The predicted octanol–water partition coefficient (Wildman–Crippen LogP) is 2.62. The maximum absolute atomic E-state index is 13.5. The highest BCUT2D eigenvalue weighted by molar-refractivity contribution is 6.26. The van der Waals surface area contributed by atoms with Gasteiger partial charge in [-0.3, -0.25) is 14.4 Å². The second-order valence-electron chi connectivity index (χ2n) is 6.16. The molecule has 0 aliphatic carbocycles. The van der Waals surface area contributed by atoms with Crippen molar-refractivity contribution in [1.29, 1.82) is 0 Å². The molecular formula is C19H15FN2O3. The second kappa shape index (κ2) is 5.81. The zero-order valence-corrected chi connectivity index (χ0v) is 13.3. The van der Waals surface area contributed by atoms with E-state index in [0.717, 1.165) is 11.0 Å². The SMILES string of the molecule is O=C(c1cccc(F)c1)N1C(=O)[C@@H]2CCCN2C(=O)c2ccccc21. The molecule has 0 N–H and O–H groups in total. The van der Waals surface area contributed by atoms with E-state index in [9.17, 15) is 18.8 Å². The van der Waals surface area contributed by atoms with Gasteiger partial charge in [0, 0.05) is 12.1 Å². The summed E-state index contributed by atoms with van der Waals surface area (Å²) in [6.07, 6.45) is 1.23. The normalized spacial score (nSPS) is 19.5. The van der Waals surface area contributed by atoms with Crippen LogP contribution >= 0.6 is 0 Å². The molecule has 6 heteroatoms. The van der Waals surface area contributed by atoms with Crippen LogP contribution in [0.3, 0.4) is 0 Å². The van der Waals surface area contributed by atoms with Gasteiger partial charge in [0.25, 0.3) is 17.7 Å². The minimum Gasteiger partial charge on any atom is -0.327 e. The molecule has 3 amide bonds. The molecule has 1 atom stereocenters. The lowest BCUT2D eigenvalue weighted by Gasteiger charge is -2.24. The number of imide groups is 1. The van der Waals surface area contributed by atoms with E-state index >= 15 is 0 Å². The van der Waals surface area contributed by atoms with Gasteiger partial charge in [-0.05, 0) is 43.2 Å². The molecule has 2 aliphatic rings. The molecular weight excluding hydrogens is 323 g/mol. The van der Waals surface area contributed by atoms with Gasteiger partial charge in [0.05, 0.1) is 11.3 Å². The van der Waals surface area contributed by atoms with Gasteiger partial charge in [-0.1, -0.05) is 18.2 Å². The Morgan fingerprint density at radius 2 is 1.88 bits per heavy atom. The van der Waals surface area contributed by atoms with Crippen LogP contribution in [0.2, 0.25) is 0 Å². The van der Waals surface area contributed by atoms with Crippen molar-refractivity contribution in [2.45, 2.75) is 18.9 Å². The third-order valence-electron chi connectivity index (χ3n) is 4.67. The van der Waals surface area contributed by atoms with Crippen molar-refractivity contribution in [2.24, 2.45) is 0 Å². The van der Waals surface area contributed by atoms with E-state index < -0.39 is 23.7 Å². The highest BCUT2D eigenvalue weighted by Crippen LogP contribution is 2.33. The highest BCUT2D eigenvalue weighted by atomic mass is 19.1. The van der Waals surface area contributed by atoms with E-state index in [0.29, 0.717) is 24.9 Å². The van der Waals surface area contributed by atoms with Crippen LogP contribution in [0.25, 0.3) is 0 Å². The Hall–Kier alpha value is -3.02. The number of hydrogen-bond donors (Lipinski definition) is 0. The van der Waals surface area contributed by atoms with Crippen LogP contribution < -0.4 is 4.90 Å². The molecule has 2 aliphatic heterocycles. The fourth-order valence-corrected chi connectivity index (χ4v) is 3.50. The smallest absolute Gasteiger partial charge is 0.265 e. The second-order valence-corrected chi connectivity index (χ2v) is 6.16. The van der Waals surface area contributed by atoms with E-state index in [4.69, 9.17) is 0 Å². The summed E-state index contributed by atoms with van der Waals surface area (Å²) in [5.74, 6) is -1.87. The van der Waals surface area contributed by atoms with Gasteiger partial charge in [0.15, 0.2) is 0 Å². The van der Waals surface area contributed by atoms with Crippen molar-refractivity contribution in [1.82, 2.24) is 4.90 Å². The van der Waals surface area contributed by atoms with Crippen molar-refractivity contribution < 1.29 is 18.8 Å². The van der Waals surface area contributed by atoms with Gasteiger partial charge < -0.3 is 4.90 Å². The lowest BCUT2D eigenvalue weighted by atomic mass is 10.1. The molecule has 2 aromatic rings. The van der Waals surface area contributed by atoms with E-state index in [-0.39, 0.29) is 17.2 Å². The number of nitrogens with zero attached hydrogens (tertiary/aromatic N) is 2. The predicted molar refractivity (Wildman–Crippen MR) is 88.7 cm³/mol. The Labute approximate surface area is 143 Å². The topological polar surface area (TPSA) is 57.7 Å². The number of anilines is 1. The first-order chi connectivity index (χ1) is 12.1. The first-order valence-corrected chi connectivity index (χ1v) is 8.12. The first kappa shape index (κ1) is 15.5. The molecule has 2 heterocycles. The number of hydrogen-bond acceptors (Lipinski definition) is 3. The molecule has 0 saturated carbocycles. The molecule has 1 fully saturated rings. The van der Waals surface area contributed by atoms with Gasteiger partial charge in [-0.2, -0.15) is 0 Å². The molecule has 126 valence electrons. The molecule has 1 saturated heterocycles.